The molecule has 0 heterocycles. The molecule has 0 saturated carbocycles. The predicted octanol–water partition coefficient (Wildman–Crippen LogP) is 4.42. The SMILES string of the molecule is C=C(Nc1ccc2ccccc2c1)C(C)C. The van der Waals surface area contributed by atoms with Crippen molar-refractivity contribution in [2.45, 2.75) is 13.8 Å². The van der Waals surface area contributed by atoms with Crippen molar-refractivity contribution in [2.24, 2.45) is 5.92 Å². The van der Waals surface area contributed by atoms with Gasteiger partial charge < -0.3 is 5.32 Å². The smallest absolute Gasteiger partial charge is 0.0388 e. The standard InChI is InChI=1S/C15H17N/c1-11(2)12(3)16-15-9-8-13-6-4-5-7-14(13)10-15/h4-11,16H,3H2,1-2H3. The van der Waals surface area contributed by atoms with Gasteiger partial charge in [-0.2, -0.15) is 0 Å². The highest BCUT2D eigenvalue weighted by atomic mass is 14.9. The lowest BCUT2D eigenvalue weighted by molar-refractivity contribution is 0.778. The average Bonchev–Trinajstić information content (AvgIpc) is 2.28. The summed E-state index contributed by atoms with van der Waals surface area (Å²) in [4.78, 5) is 0. The Morgan fingerprint density at radius 2 is 1.75 bits per heavy atom. The topological polar surface area (TPSA) is 12.0 Å². The minimum atomic E-state index is 0.450. The molecule has 1 nitrogen and oxygen atoms in total. The van der Waals surface area contributed by atoms with Crippen LogP contribution in [0.2, 0.25) is 0 Å². The summed E-state index contributed by atoms with van der Waals surface area (Å²) in [6.45, 7) is 8.29. The fraction of sp³-hybridized carbons (Fsp3) is 0.200. The van der Waals surface area contributed by atoms with E-state index in [1.54, 1.807) is 0 Å². The van der Waals surface area contributed by atoms with E-state index < -0.39 is 0 Å². The Labute approximate surface area is 96.8 Å². The number of anilines is 1. The molecule has 1 N–H and O–H groups in total. The molecule has 0 atom stereocenters. The zero-order chi connectivity index (χ0) is 11.5. The summed E-state index contributed by atoms with van der Waals surface area (Å²) >= 11 is 0. The molecule has 0 fully saturated rings. The summed E-state index contributed by atoms with van der Waals surface area (Å²) in [6.07, 6.45) is 0. The number of hydrogen-bond acceptors (Lipinski definition) is 1. The molecule has 2 rings (SSSR count). The Morgan fingerprint density at radius 3 is 2.44 bits per heavy atom. The van der Waals surface area contributed by atoms with Crippen LogP contribution in [-0.4, -0.2) is 0 Å². The molecule has 0 amide bonds. The molecule has 2 aromatic carbocycles. The van der Waals surface area contributed by atoms with E-state index in [0.29, 0.717) is 5.92 Å². The largest absolute Gasteiger partial charge is 0.359 e. The molecule has 1 heteroatoms. The van der Waals surface area contributed by atoms with E-state index in [0.717, 1.165) is 11.4 Å². The highest BCUT2D eigenvalue weighted by Crippen LogP contribution is 2.21. The van der Waals surface area contributed by atoms with Crippen molar-refractivity contribution in [3.63, 3.8) is 0 Å². The summed E-state index contributed by atoms with van der Waals surface area (Å²) in [6, 6.07) is 14.7. The van der Waals surface area contributed by atoms with Gasteiger partial charge in [-0.15, -0.1) is 0 Å². The van der Waals surface area contributed by atoms with Crippen LogP contribution in [0.5, 0.6) is 0 Å². The molecule has 16 heavy (non-hydrogen) atoms. The molecular weight excluding hydrogens is 194 g/mol. The Balaban J connectivity index is 2.29. The van der Waals surface area contributed by atoms with Gasteiger partial charge in [0, 0.05) is 11.4 Å². The molecule has 0 saturated heterocycles. The molecule has 0 aromatic heterocycles. The van der Waals surface area contributed by atoms with E-state index in [1.165, 1.54) is 10.8 Å². The summed E-state index contributed by atoms with van der Waals surface area (Å²) in [5.41, 5.74) is 2.16. The van der Waals surface area contributed by atoms with Crippen LogP contribution in [0.15, 0.2) is 54.7 Å². The Morgan fingerprint density at radius 1 is 1.06 bits per heavy atom. The molecule has 0 spiro atoms. The lowest BCUT2D eigenvalue weighted by atomic mass is 10.1. The van der Waals surface area contributed by atoms with Gasteiger partial charge in [0.1, 0.15) is 0 Å². The molecular formula is C15H17N. The van der Waals surface area contributed by atoms with Gasteiger partial charge in [-0.05, 0) is 28.8 Å². The summed E-state index contributed by atoms with van der Waals surface area (Å²) in [5, 5.41) is 5.86. The number of benzene rings is 2. The van der Waals surface area contributed by atoms with Gasteiger partial charge in [-0.3, -0.25) is 0 Å². The lowest BCUT2D eigenvalue weighted by Crippen LogP contribution is -2.04. The summed E-state index contributed by atoms with van der Waals surface area (Å²) in [7, 11) is 0. The van der Waals surface area contributed by atoms with Crippen LogP contribution in [0.3, 0.4) is 0 Å². The number of nitrogens with one attached hydrogen (secondary N) is 1. The Hall–Kier alpha value is -1.76. The predicted molar refractivity (Wildman–Crippen MR) is 71.5 cm³/mol. The Bertz CT molecular complexity index is 512. The first-order valence-electron chi connectivity index (χ1n) is 5.61. The van der Waals surface area contributed by atoms with Crippen molar-refractivity contribution in [3.05, 3.63) is 54.7 Å². The van der Waals surface area contributed by atoms with Crippen molar-refractivity contribution in [3.8, 4) is 0 Å². The third-order valence-electron chi connectivity index (χ3n) is 2.75. The maximum atomic E-state index is 4.02. The fourth-order valence-electron chi connectivity index (χ4n) is 1.60. The van der Waals surface area contributed by atoms with Gasteiger partial charge in [-0.25, -0.2) is 0 Å². The lowest BCUT2D eigenvalue weighted by Gasteiger charge is -2.13. The van der Waals surface area contributed by atoms with Gasteiger partial charge >= 0.3 is 0 Å². The first kappa shape index (κ1) is 10.7. The summed E-state index contributed by atoms with van der Waals surface area (Å²) < 4.78 is 0. The van der Waals surface area contributed by atoms with Crippen LogP contribution < -0.4 is 5.32 Å². The molecule has 0 unspecified atom stereocenters. The number of rotatable bonds is 3. The van der Waals surface area contributed by atoms with Gasteiger partial charge in [0.25, 0.3) is 0 Å². The monoisotopic (exact) mass is 211 g/mol. The first-order valence-corrected chi connectivity index (χ1v) is 5.61. The van der Waals surface area contributed by atoms with Crippen LogP contribution in [0.1, 0.15) is 13.8 Å². The minimum Gasteiger partial charge on any atom is -0.359 e. The van der Waals surface area contributed by atoms with E-state index in [-0.39, 0.29) is 0 Å². The van der Waals surface area contributed by atoms with Crippen LogP contribution in [0.4, 0.5) is 5.69 Å². The minimum absolute atomic E-state index is 0.450. The second-order valence-corrected chi connectivity index (χ2v) is 4.37. The van der Waals surface area contributed by atoms with E-state index in [1.807, 2.05) is 0 Å². The van der Waals surface area contributed by atoms with E-state index >= 15 is 0 Å². The average molecular weight is 211 g/mol. The van der Waals surface area contributed by atoms with Gasteiger partial charge in [-0.1, -0.05) is 50.8 Å². The number of hydrogen-bond donors (Lipinski definition) is 1. The molecule has 0 aliphatic heterocycles. The van der Waals surface area contributed by atoms with Crippen molar-refractivity contribution in [1.29, 1.82) is 0 Å². The second-order valence-electron chi connectivity index (χ2n) is 4.37. The Kier molecular flexibility index (Phi) is 2.95. The molecule has 82 valence electrons. The third-order valence-corrected chi connectivity index (χ3v) is 2.75. The molecule has 2 aromatic rings. The summed E-state index contributed by atoms with van der Waals surface area (Å²) in [5.74, 6) is 0.450. The molecule has 0 radical (unpaired) electrons. The first-order chi connectivity index (χ1) is 7.66. The molecule has 0 aliphatic carbocycles. The number of fused-ring (bicyclic) bond motifs is 1. The van der Waals surface area contributed by atoms with E-state index in [4.69, 9.17) is 0 Å². The fourth-order valence-corrected chi connectivity index (χ4v) is 1.60. The number of allylic oxidation sites excluding steroid dienone is 1. The highest BCUT2D eigenvalue weighted by Gasteiger charge is 2.01. The van der Waals surface area contributed by atoms with Crippen LogP contribution >= 0.6 is 0 Å². The van der Waals surface area contributed by atoms with Crippen molar-refractivity contribution in [1.82, 2.24) is 0 Å². The van der Waals surface area contributed by atoms with E-state index in [9.17, 15) is 0 Å². The maximum absolute atomic E-state index is 4.02. The zero-order valence-electron chi connectivity index (χ0n) is 9.83. The molecule has 0 bridgehead atoms. The highest BCUT2D eigenvalue weighted by molar-refractivity contribution is 5.85. The van der Waals surface area contributed by atoms with E-state index in [2.05, 4.69) is 68.2 Å². The van der Waals surface area contributed by atoms with Crippen molar-refractivity contribution >= 4 is 16.5 Å². The third kappa shape index (κ3) is 2.25. The van der Waals surface area contributed by atoms with Crippen LogP contribution in [0, 0.1) is 5.92 Å². The normalized spacial score (nSPS) is 10.7. The van der Waals surface area contributed by atoms with Gasteiger partial charge in [0.2, 0.25) is 0 Å². The van der Waals surface area contributed by atoms with Gasteiger partial charge in [0.15, 0.2) is 0 Å². The van der Waals surface area contributed by atoms with Crippen LogP contribution in [-0.2, 0) is 0 Å². The molecule has 0 aliphatic rings. The van der Waals surface area contributed by atoms with Crippen molar-refractivity contribution < 1.29 is 0 Å². The van der Waals surface area contributed by atoms with Crippen LogP contribution in [0.25, 0.3) is 10.8 Å². The van der Waals surface area contributed by atoms with Gasteiger partial charge in [0.05, 0.1) is 0 Å². The van der Waals surface area contributed by atoms with Crippen molar-refractivity contribution in [2.75, 3.05) is 5.32 Å². The zero-order valence-corrected chi connectivity index (χ0v) is 9.83. The quantitative estimate of drug-likeness (QED) is 0.792. The maximum Gasteiger partial charge on any atom is 0.0388 e. The second kappa shape index (κ2) is 4.40.